The van der Waals surface area contributed by atoms with Gasteiger partial charge in [-0.2, -0.15) is 5.10 Å². The average Bonchev–Trinajstić information content (AvgIpc) is 3.13. The van der Waals surface area contributed by atoms with Gasteiger partial charge in [0.2, 0.25) is 0 Å². The SMILES string of the molecule is Cc1cnn(Cc2cc(C(=O)NCC(C)(C)C(O)C(C)C)no2)c1. The Morgan fingerprint density at radius 2 is 2.17 bits per heavy atom. The van der Waals surface area contributed by atoms with Gasteiger partial charge >= 0.3 is 0 Å². The monoisotopic (exact) mass is 334 g/mol. The number of aryl methyl sites for hydroxylation is 1. The molecule has 0 bridgehead atoms. The Morgan fingerprint density at radius 1 is 1.46 bits per heavy atom. The predicted octanol–water partition coefficient (Wildman–Crippen LogP) is 2.00. The molecule has 0 aliphatic carbocycles. The molecule has 0 fully saturated rings. The van der Waals surface area contributed by atoms with Gasteiger partial charge in [-0.05, 0) is 18.4 Å². The molecule has 2 N–H and O–H groups in total. The van der Waals surface area contributed by atoms with Crippen molar-refractivity contribution in [3.05, 3.63) is 35.5 Å². The highest BCUT2D eigenvalue weighted by Crippen LogP contribution is 2.25. The van der Waals surface area contributed by atoms with Gasteiger partial charge < -0.3 is 14.9 Å². The highest BCUT2D eigenvalue weighted by Gasteiger charge is 2.30. The number of hydrogen-bond acceptors (Lipinski definition) is 5. The Morgan fingerprint density at radius 3 is 2.75 bits per heavy atom. The minimum absolute atomic E-state index is 0.119. The maximum absolute atomic E-state index is 12.2. The van der Waals surface area contributed by atoms with E-state index in [1.165, 1.54) is 0 Å². The van der Waals surface area contributed by atoms with Gasteiger partial charge in [-0.3, -0.25) is 9.48 Å². The van der Waals surface area contributed by atoms with Crippen LogP contribution >= 0.6 is 0 Å². The number of aliphatic hydroxyl groups excluding tert-OH is 1. The zero-order valence-corrected chi connectivity index (χ0v) is 14.9. The lowest BCUT2D eigenvalue weighted by Gasteiger charge is -2.33. The first-order valence-corrected chi connectivity index (χ1v) is 8.10. The second-order valence-corrected chi connectivity index (χ2v) is 7.25. The third-order valence-electron chi connectivity index (χ3n) is 4.01. The fourth-order valence-corrected chi connectivity index (χ4v) is 2.61. The van der Waals surface area contributed by atoms with Crippen LogP contribution in [0.1, 0.15) is 49.5 Å². The summed E-state index contributed by atoms with van der Waals surface area (Å²) in [4.78, 5) is 12.2. The first kappa shape index (κ1) is 18.2. The van der Waals surface area contributed by atoms with E-state index < -0.39 is 11.5 Å². The molecule has 2 heterocycles. The summed E-state index contributed by atoms with van der Waals surface area (Å²) in [5.74, 6) is 0.364. The van der Waals surface area contributed by atoms with Gasteiger partial charge in [0.1, 0.15) is 6.54 Å². The van der Waals surface area contributed by atoms with Crippen LogP contribution in [0.4, 0.5) is 0 Å². The quantitative estimate of drug-likeness (QED) is 0.808. The standard InChI is InChI=1S/C17H26N4O3/c1-11(2)15(22)17(4,5)10-18-16(23)14-6-13(24-20-14)9-21-8-12(3)7-19-21/h6-8,11,15,22H,9-10H2,1-5H3,(H,18,23). The van der Waals surface area contributed by atoms with E-state index in [1.54, 1.807) is 16.9 Å². The third kappa shape index (κ3) is 4.44. The minimum Gasteiger partial charge on any atom is -0.392 e. The number of carbonyl (C=O) groups excluding carboxylic acids is 1. The molecule has 7 nitrogen and oxygen atoms in total. The smallest absolute Gasteiger partial charge is 0.273 e. The zero-order chi connectivity index (χ0) is 17.9. The number of rotatable bonds is 7. The molecule has 0 saturated heterocycles. The summed E-state index contributed by atoms with van der Waals surface area (Å²) < 4.78 is 6.92. The predicted molar refractivity (Wildman–Crippen MR) is 89.5 cm³/mol. The molecular formula is C17H26N4O3. The molecule has 24 heavy (non-hydrogen) atoms. The van der Waals surface area contributed by atoms with E-state index in [2.05, 4.69) is 15.6 Å². The van der Waals surface area contributed by atoms with E-state index in [4.69, 9.17) is 4.52 Å². The lowest BCUT2D eigenvalue weighted by molar-refractivity contribution is 0.0137. The summed E-state index contributed by atoms with van der Waals surface area (Å²) in [6, 6.07) is 1.61. The Balaban J connectivity index is 1.93. The first-order valence-electron chi connectivity index (χ1n) is 8.10. The van der Waals surface area contributed by atoms with Crippen LogP contribution in [0.2, 0.25) is 0 Å². The summed E-state index contributed by atoms with van der Waals surface area (Å²) in [6.07, 6.45) is 3.14. The average molecular weight is 334 g/mol. The van der Waals surface area contributed by atoms with E-state index in [1.807, 2.05) is 40.8 Å². The first-order chi connectivity index (χ1) is 11.2. The molecule has 0 aliphatic heterocycles. The molecule has 2 aromatic rings. The molecule has 2 rings (SSSR count). The van der Waals surface area contributed by atoms with Gasteiger partial charge in [0.25, 0.3) is 5.91 Å². The van der Waals surface area contributed by atoms with Crippen molar-refractivity contribution < 1.29 is 14.4 Å². The maximum atomic E-state index is 12.2. The fraction of sp³-hybridized carbons (Fsp3) is 0.588. The molecule has 0 aromatic carbocycles. The summed E-state index contributed by atoms with van der Waals surface area (Å²) in [5.41, 5.74) is 0.852. The van der Waals surface area contributed by atoms with Gasteiger partial charge in [0.05, 0.1) is 12.3 Å². The van der Waals surface area contributed by atoms with E-state index in [9.17, 15) is 9.90 Å². The van der Waals surface area contributed by atoms with Gasteiger partial charge in [-0.1, -0.05) is 32.9 Å². The van der Waals surface area contributed by atoms with Crippen molar-refractivity contribution in [2.45, 2.75) is 47.3 Å². The van der Waals surface area contributed by atoms with E-state index >= 15 is 0 Å². The topological polar surface area (TPSA) is 93.2 Å². The van der Waals surface area contributed by atoms with Crippen LogP contribution < -0.4 is 5.32 Å². The molecule has 132 valence electrons. The molecule has 1 atom stereocenters. The second-order valence-electron chi connectivity index (χ2n) is 7.25. The number of amides is 1. The zero-order valence-electron chi connectivity index (χ0n) is 14.9. The highest BCUT2D eigenvalue weighted by molar-refractivity contribution is 5.92. The van der Waals surface area contributed by atoms with Crippen molar-refractivity contribution >= 4 is 5.91 Å². The van der Waals surface area contributed by atoms with Gasteiger partial charge in [0, 0.05) is 24.2 Å². The van der Waals surface area contributed by atoms with Crippen molar-refractivity contribution in [2.75, 3.05) is 6.54 Å². The van der Waals surface area contributed by atoms with E-state index in [-0.39, 0.29) is 17.5 Å². The molecule has 1 amide bonds. The number of nitrogens with zero attached hydrogens (tertiary/aromatic N) is 3. The normalized spacial score (nSPS) is 13.3. The van der Waals surface area contributed by atoms with Gasteiger partial charge in [-0.15, -0.1) is 0 Å². The van der Waals surface area contributed by atoms with Crippen molar-refractivity contribution in [2.24, 2.45) is 11.3 Å². The second kappa shape index (κ2) is 7.17. The van der Waals surface area contributed by atoms with Crippen LogP contribution in [-0.4, -0.2) is 38.6 Å². The number of nitrogens with one attached hydrogen (secondary N) is 1. The number of aliphatic hydroxyl groups is 1. The molecule has 0 radical (unpaired) electrons. The Hall–Kier alpha value is -2.15. The molecule has 0 saturated carbocycles. The summed E-state index contributed by atoms with van der Waals surface area (Å²) in [5, 5.41) is 21.0. The maximum Gasteiger partial charge on any atom is 0.273 e. The van der Waals surface area contributed by atoms with Crippen LogP contribution in [0, 0.1) is 18.3 Å². The molecule has 2 aromatic heterocycles. The van der Waals surface area contributed by atoms with Crippen molar-refractivity contribution in [1.82, 2.24) is 20.3 Å². The summed E-state index contributed by atoms with van der Waals surface area (Å²) >= 11 is 0. The van der Waals surface area contributed by atoms with Crippen LogP contribution in [-0.2, 0) is 6.54 Å². The molecule has 7 heteroatoms. The lowest BCUT2D eigenvalue weighted by atomic mass is 9.80. The molecule has 0 aliphatic rings. The van der Waals surface area contributed by atoms with Crippen LogP contribution in [0.15, 0.2) is 23.0 Å². The van der Waals surface area contributed by atoms with Crippen molar-refractivity contribution in [1.29, 1.82) is 0 Å². The molecular weight excluding hydrogens is 308 g/mol. The largest absolute Gasteiger partial charge is 0.392 e. The number of carbonyl (C=O) groups is 1. The summed E-state index contributed by atoms with van der Waals surface area (Å²) in [6.45, 7) is 10.5. The van der Waals surface area contributed by atoms with Crippen molar-refractivity contribution in [3.8, 4) is 0 Å². The van der Waals surface area contributed by atoms with Crippen LogP contribution in [0.25, 0.3) is 0 Å². The Kier molecular flexibility index (Phi) is 5.43. The van der Waals surface area contributed by atoms with E-state index in [0.717, 1.165) is 5.56 Å². The lowest BCUT2D eigenvalue weighted by Crippen LogP contribution is -2.43. The van der Waals surface area contributed by atoms with Gasteiger partial charge in [0.15, 0.2) is 11.5 Å². The minimum atomic E-state index is -0.506. The number of aromatic nitrogens is 3. The fourth-order valence-electron chi connectivity index (χ4n) is 2.61. The van der Waals surface area contributed by atoms with Gasteiger partial charge in [-0.25, -0.2) is 0 Å². The van der Waals surface area contributed by atoms with Crippen molar-refractivity contribution in [3.63, 3.8) is 0 Å². The molecule has 0 spiro atoms. The van der Waals surface area contributed by atoms with Crippen LogP contribution in [0.3, 0.4) is 0 Å². The van der Waals surface area contributed by atoms with Crippen LogP contribution in [0.5, 0.6) is 0 Å². The molecule has 1 unspecified atom stereocenters. The highest BCUT2D eigenvalue weighted by atomic mass is 16.5. The van der Waals surface area contributed by atoms with E-state index in [0.29, 0.717) is 18.8 Å². The number of hydrogen-bond donors (Lipinski definition) is 2. The Labute approximate surface area is 142 Å². The Bertz CT molecular complexity index is 688. The third-order valence-corrected chi connectivity index (χ3v) is 4.01. The summed E-state index contributed by atoms with van der Waals surface area (Å²) in [7, 11) is 0.